The first-order valence-corrected chi connectivity index (χ1v) is 6.94. The lowest BCUT2D eigenvalue weighted by Crippen LogP contribution is -1.98. The molecule has 0 aliphatic rings. The molecule has 0 aromatic heterocycles. The molecule has 0 unspecified atom stereocenters. The molecule has 19 heavy (non-hydrogen) atoms. The Morgan fingerprint density at radius 2 is 1.53 bits per heavy atom. The average molecular weight is 266 g/mol. The summed E-state index contributed by atoms with van der Waals surface area (Å²) in [6.07, 6.45) is 18.7. The molecule has 0 atom stereocenters. The van der Waals surface area contributed by atoms with Crippen LogP contribution in [0.15, 0.2) is 36.5 Å². The van der Waals surface area contributed by atoms with Crippen molar-refractivity contribution in [3.8, 4) is 0 Å². The van der Waals surface area contributed by atoms with E-state index in [-0.39, 0.29) is 12.6 Å². The molecular formula is C16H26O3. The second-order valence-electron chi connectivity index (χ2n) is 4.22. The second kappa shape index (κ2) is 14.7. The maximum atomic E-state index is 10.8. The Labute approximate surface area is 116 Å². The SMILES string of the molecule is COC(=O)CCCCC=CCC=CCC=CCCO. The first kappa shape index (κ1) is 17.6. The normalized spacial score (nSPS) is 11.9. The summed E-state index contributed by atoms with van der Waals surface area (Å²) in [5.41, 5.74) is 0. The van der Waals surface area contributed by atoms with Crippen molar-refractivity contribution < 1.29 is 14.6 Å². The highest BCUT2D eigenvalue weighted by Crippen LogP contribution is 2.02. The summed E-state index contributed by atoms with van der Waals surface area (Å²) in [4.78, 5) is 10.8. The molecule has 0 saturated heterocycles. The molecule has 0 spiro atoms. The number of methoxy groups -OCH3 is 1. The number of hydrogen-bond acceptors (Lipinski definition) is 3. The van der Waals surface area contributed by atoms with Crippen LogP contribution in [0, 0.1) is 0 Å². The highest BCUT2D eigenvalue weighted by atomic mass is 16.5. The van der Waals surface area contributed by atoms with E-state index in [1.807, 2.05) is 6.08 Å². The number of carbonyl (C=O) groups is 1. The summed E-state index contributed by atoms with van der Waals surface area (Å²) >= 11 is 0. The molecule has 0 aromatic carbocycles. The summed E-state index contributed by atoms with van der Waals surface area (Å²) in [6, 6.07) is 0. The van der Waals surface area contributed by atoms with Crippen LogP contribution in [0.2, 0.25) is 0 Å². The minimum absolute atomic E-state index is 0.124. The van der Waals surface area contributed by atoms with Gasteiger partial charge in [-0.2, -0.15) is 0 Å². The van der Waals surface area contributed by atoms with E-state index in [1.165, 1.54) is 7.11 Å². The van der Waals surface area contributed by atoms with Gasteiger partial charge in [0.1, 0.15) is 0 Å². The molecule has 0 bridgehead atoms. The third kappa shape index (κ3) is 14.6. The summed E-state index contributed by atoms with van der Waals surface area (Å²) in [7, 11) is 1.42. The Morgan fingerprint density at radius 1 is 0.947 bits per heavy atom. The molecule has 0 saturated carbocycles. The topological polar surface area (TPSA) is 46.5 Å². The van der Waals surface area contributed by atoms with Crippen molar-refractivity contribution in [2.75, 3.05) is 13.7 Å². The summed E-state index contributed by atoms with van der Waals surface area (Å²) in [5.74, 6) is -0.124. The lowest BCUT2D eigenvalue weighted by atomic mass is 10.2. The van der Waals surface area contributed by atoms with Crippen LogP contribution in [0.1, 0.15) is 44.9 Å². The van der Waals surface area contributed by atoms with Gasteiger partial charge in [-0.1, -0.05) is 36.5 Å². The average Bonchev–Trinajstić information content (AvgIpc) is 2.43. The van der Waals surface area contributed by atoms with Crippen LogP contribution in [-0.2, 0) is 9.53 Å². The zero-order valence-corrected chi connectivity index (χ0v) is 11.9. The van der Waals surface area contributed by atoms with Gasteiger partial charge in [0.15, 0.2) is 0 Å². The lowest BCUT2D eigenvalue weighted by molar-refractivity contribution is -0.140. The fraction of sp³-hybridized carbons (Fsp3) is 0.562. The molecule has 3 nitrogen and oxygen atoms in total. The predicted octanol–water partition coefficient (Wildman–Crippen LogP) is 3.55. The lowest BCUT2D eigenvalue weighted by Gasteiger charge is -1.96. The van der Waals surface area contributed by atoms with E-state index in [4.69, 9.17) is 5.11 Å². The third-order valence-corrected chi connectivity index (χ3v) is 2.57. The number of aliphatic hydroxyl groups excluding tert-OH is 1. The van der Waals surface area contributed by atoms with Crippen molar-refractivity contribution in [3.63, 3.8) is 0 Å². The van der Waals surface area contributed by atoms with Crippen molar-refractivity contribution >= 4 is 5.97 Å². The van der Waals surface area contributed by atoms with Crippen LogP contribution < -0.4 is 0 Å². The van der Waals surface area contributed by atoms with Crippen molar-refractivity contribution in [1.82, 2.24) is 0 Å². The molecule has 0 fully saturated rings. The van der Waals surface area contributed by atoms with Gasteiger partial charge in [0, 0.05) is 13.0 Å². The minimum Gasteiger partial charge on any atom is -0.469 e. The highest BCUT2D eigenvalue weighted by molar-refractivity contribution is 5.68. The highest BCUT2D eigenvalue weighted by Gasteiger charge is 1.97. The zero-order chi connectivity index (χ0) is 14.2. The van der Waals surface area contributed by atoms with Crippen molar-refractivity contribution in [3.05, 3.63) is 36.5 Å². The van der Waals surface area contributed by atoms with Gasteiger partial charge in [0.05, 0.1) is 7.11 Å². The van der Waals surface area contributed by atoms with Crippen LogP contribution in [0.3, 0.4) is 0 Å². The number of esters is 1. The smallest absolute Gasteiger partial charge is 0.305 e. The van der Waals surface area contributed by atoms with Crippen molar-refractivity contribution in [1.29, 1.82) is 0 Å². The fourth-order valence-electron chi connectivity index (χ4n) is 1.49. The van der Waals surface area contributed by atoms with Crippen molar-refractivity contribution in [2.24, 2.45) is 0 Å². The van der Waals surface area contributed by atoms with E-state index < -0.39 is 0 Å². The van der Waals surface area contributed by atoms with Gasteiger partial charge >= 0.3 is 5.97 Å². The van der Waals surface area contributed by atoms with Crippen molar-refractivity contribution in [2.45, 2.75) is 44.9 Å². The molecule has 1 N–H and O–H groups in total. The molecule has 0 radical (unpaired) electrons. The molecule has 0 rings (SSSR count). The first-order valence-electron chi connectivity index (χ1n) is 6.94. The second-order valence-corrected chi connectivity index (χ2v) is 4.22. The molecule has 3 heteroatoms. The van der Waals surface area contributed by atoms with Gasteiger partial charge in [0.2, 0.25) is 0 Å². The molecular weight excluding hydrogens is 240 g/mol. The van der Waals surface area contributed by atoms with Crippen LogP contribution in [0.4, 0.5) is 0 Å². The van der Waals surface area contributed by atoms with E-state index in [9.17, 15) is 4.79 Å². The number of carbonyl (C=O) groups excluding carboxylic acids is 1. The fourth-order valence-corrected chi connectivity index (χ4v) is 1.49. The third-order valence-electron chi connectivity index (χ3n) is 2.57. The van der Waals surface area contributed by atoms with Crippen LogP contribution in [0.5, 0.6) is 0 Å². The molecule has 0 aliphatic heterocycles. The maximum absolute atomic E-state index is 10.8. The van der Waals surface area contributed by atoms with Crippen LogP contribution >= 0.6 is 0 Å². The molecule has 108 valence electrons. The quantitative estimate of drug-likeness (QED) is 0.353. The Kier molecular flexibility index (Phi) is 13.7. The van der Waals surface area contributed by atoms with E-state index in [2.05, 4.69) is 35.1 Å². The zero-order valence-electron chi connectivity index (χ0n) is 11.9. The van der Waals surface area contributed by atoms with Gasteiger partial charge in [0.25, 0.3) is 0 Å². The molecule has 0 heterocycles. The van der Waals surface area contributed by atoms with E-state index in [0.717, 1.165) is 38.5 Å². The van der Waals surface area contributed by atoms with E-state index >= 15 is 0 Å². The van der Waals surface area contributed by atoms with Gasteiger partial charge in [-0.3, -0.25) is 4.79 Å². The number of aliphatic hydroxyl groups is 1. The maximum Gasteiger partial charge on any atom is 0.305 e. The van der Waals surface area contributed by atoms with Gasteiger partial charge in [-0.05, 0) is 38.5 Å². The largest absolute Gasteiger partial charge is 0.469 e. The Bertz CT molecular complexity index is 290. The van der Waals surface area contributed by atoms with Gasteiger partial charge < -0.3 is 9.84 Å². The first-order chi connectivity index (χ1) is 9.31. The van der Waals surface area contributed by atoms with Crippen LogP contribution in [-0.4, -0.2) is 24.8 Å². The van der Waals surface area contributed by atoms with E-state index in [1.54, 1.807) is 0 Å². The number of unbranched alkanes of at least 4 members (excludes halogenated alkanes) is 2. The number of allylic oxidation sites excluding steroid dienone is 5. The summed E-state index contributed by atoms with van der Waals surface area (Å²) in [5, 5.41) is 8.57. The van der Waals surface area contributed by atoms with Gasteiger partial charge in [-0.25, -0.2) is 0 Å². The Hall–Kier alpha value is -1.35. The Balaban J connectivity index is 3.34. The molecule has 0 aliphatic carbocycles. The number of rotatable bonds is 11. The number of ether oxygens (including phenoxy) is 1. The monoisotopic (exact) mass is 266 g/mol. The number of hydrogen-bond donors (Lipinski definition) is 1. The summed E-state index contributed by atoms with van der Waals surface area (Å²) in [6.45, 7) is 0.221. The summed E-state index contributed by atoms with van der Waals surface area (Å²) < 4.78 is 4.57. The molecule has 0 amide bonds. The van der Waals surface area contributed by atoms with Gasteiger partial charge in [-0.15, -0.1) is 0 Å². The Morgan fingerprint density at radius 3 is 2.11 bits per heavy atom. The molecule has 0 aromatic rings. The van der Waals surface area contributed by atoms with Crippen LogP contribution in [0.25, 0.3) is 0 Å². The minimum atomic E-state index is -0.124. The van der Waals surface area contributed by atoms with E-state index in [0.29, 0.717) is 6.42 Å². The standard InChI is InChI=1S/C16H26O3/c1-19-16(18)14-12-10-8-6-4-2-3-5-7-9-11-13-15-17/h3-6,9,11,17H,2,7-8,10,12-15H2,1H3. The predicted molar refractivity (Wildman–Crippen MR) is 78.8 cm³/mol.